The number of furan rings is 1. The zero-order valence-corrected chi connectivity index (χ0v) is 29.4. The van der Waals surface area contributed by atoms with Gasteiger partial charge in [0, 0.05) is 33.4 Å². The summed E-state index contributed by atoms with van der Waals surface area (Å²) < 4.78 is 6.43. The second-order valence-corrected chi connectivity index (χ2v) is 13.5. The van der Waals surface area contributed by atoms with E-state index in [1.165, 1.54) is 65.8 Å². The number of benzene rings is 7. The van der Waals surface area contributed by atoms with Crippen molar-refractivity contribution in [3.63, 3.8) is 0 Å². The van der Waals surface area contributed by atoms with Crippen molar-refractivity contribution in [2.75, 3.05) is 4.90 Å². The van der Waals surface area contributed by atoms with Crippen molar-refractivity contribution in [3.8, 4) is 22.3 Å². The first kappa shape index (κ1) is 31.1. The molecular weight excluding hydrogens is 586 g/mol. The van der Waals surface area contributed by atoms with Gasteiger partial charge in [0.25, 0.3) is 0 Å². The summed E-state index contributed by atoms with van der Waals surface area (Å²) in [6.45, 7) is 0. The van der Waals surface area contributed by atoms with Crippen molar-refractivity contribution in [2.24, 2.45) is 0 Å². The molecule has 49 heavy (non-hydrogen) atoms. The van der Waals surface area contributed by atoms with E-state index in [4.69, 9.17) is 4.42 Å². The second kappa shape index (κ2) is 12.1. The van der Waals surface area contributed by atoms with E-state index in [9.17, 15) is 0 Å². The Hall–Kier alpha value is -5.15. The van der Waals surface area contributed by atoms with Crippen molar-refractivity contribution < 1.29 is 4.42 Å². The van der Waals surface area contributed by atoms with Crippen LogP contribution in [0.3, 0.4) is 0 Å². The smallest absolute Gasteiger partial charge is 0.143 e. The van der Waals surface area contributed by atoms with Gasteiger partial charge in [-0.15, -0.1) is 10.9 Å². The van der Waals surface area contributed by atoms with E-state index in [1.807, 2.05) is 12.1 Å². The summed E-state index contributed by atoms with van der Waals surface area (Å²) in [5, 5.41) is 5.00. The Morgan fingerprint density at radius 2 is 0.898 bits per heavy atom. The maximum absolute atomic E-state index is 6.43. The fourth-order valence-corrected chi connectivity index (χ4v) is 7.80. The number of nitrogens with zero attached hydrogens (tertiary/aromatic N) is 1. The predicted octanol–water partition coefficient (Wildman–Crippen LogP) is -0.648. The summed E-state index contributed by atoms with van der Waals surface area (Å²) >= 11 is 0. The van der Waals surface area contributed by atoms with Crippen LogP contribution in [0.15, 0.2) is 126 Å². The number of para-hydroxylation sites is 2. The third-order valence-electron chi connectivity index (χ3n) is 11.1. The summed E-state index contributed by atoms with van der Waals surface area (Å²) in [6.07, 6.45) is 0. The highest BCUT2D eigenvalue weighted by Gasteiger charge is 2.24. The molecule has 0 aliphatic carbocycles. The first-order chi connectivity index (χ1) is 23.7. The molecule has 0 saturated heterocycles. The van der Waals surface area contributed by atoms with E-state index < -0.39 is 0 Å². The molecule has 1 heterocycles. The van der Waals surface area contributed by atoms with Gasteiger partial charge in [0.05, 0.1) is 0 Å². The molecule has 7 aromatic carbocycles. The van der Waals surface area contributed by atoms with Gasteiger partial charge in [-0.1, -0.05) is 118 Å². The highest BCUT2D eigenvalue weighted by molar-refractivity contribution is 6.72. The molecule has 9 heteroatoms. The third-order valence-corrected chi connectivity index (χ3v) is 11.1. The van der Waals surface area contributed by atoms with Gasteiger partial charge in [-0.2, -0.15) is 0 Å². The molecule has 1 aromatic heterocycles. The SMILES string of the molecule is Bc1c(B)c(B)c2c(N(c3ccc(-c4ccccc4)cc3)c3ccc(-c4cccc5c4oc4ccccc45)cc3)c(B)c(B)c(B)c2c1B. The highest BCUT2D eigenvalue weighted by Crippen LogP contribution is 2.40. The summed E-state index contributed by atoms with van der Waals surface area (Å²) in [5.41, 5.74) is 19.5. The molecule has 2 nitrogen and oxygen atoms in total. The fourth-order valence-electron chi connectivity index (χ4n) is 7.80. The molecule has 8 rings (SSSR count). The second-order valence-electron chi connectivity index (χ2n) is 13.5. The topological polar surface area (TPSA) is 16.4 Å². The molecule has 0 atom stereocenters. The first-order valence-corrected chi connectivity index (χ1v) is 17.2. The largest absolute Gasteiger partial charge is 0.455 e. The molecule has 0 N–H and O–H groups in total. The molecule has 0 amide bonds. The fraction of sp³-hybridized carbons (Fsp3) is 0. The molecule has 0 unspecified atom stereocenters. The lowest BCUT2D eigenvalue weighted by Gasteiger charge is -2.33. The number of rotatable bonds is 5. The monoisotopic (exact) mass is 621 g/mol. The lowest BCUT2D eigenvalue weighted by Crippen LogP contribution is -2.52. The molecular formula is C40H34B7NO. The van der Waals surface area contributed by atoms with E-state index in [-0.39, 0.29) is 0 Å². The summed E-state index contributed by atoms with van der Waals surface area (Å²) in [7, 11) is 16.0. The van der Waals surface area contributed by atoms with Gasteiger partial charge in [0.15, 0.2) is 0 Å². The van der Waals surface area contributed by atoms with Crippen LogP contribution in [0.4, 0.5) is 17.1 Å². The van der Waals surface area contributed by atoms with Gasteiger partial charge in [-0.05, 0) is 57.8 Å². The number of anilines is 3. The maximum Gasteiger partial charge on any atom is 0.143 e. The van der Waals surface area contributed by atoms with Crippen LogP contribution in [0.2, 0.25) is 0 Å². The lowest BCUT2D eigenvalue weighted by atomic mass is 9.60. The van der Waals surface area contributed by atoms with E-state index in [0.29, 0.717) is 0 Å². The Morgan fingerprint density at radius 3 is 1.55 bits per heavy atom. The molecule has 0 bridgehead atoms. The lowest BCUT2D eigenvalue weighted by molar-refractivity contribution is 0.670. The third kappa shape index (κ3) is 4.98. The van der Waals surface area contributed by atoms with Crippen LogP contribution in [-0.2, 0) is 0 Å². The number of fused-ring (bicyclic) bond motifs is 4. The maximum atomic E-state index is 6.43. The number of hydrogen-bond acceptors (Lipinski definition) is 2. The molecule has 226 valence electrons. The normalized spacial score (nSPS) is 11.4. The molecule has 0 aliphatic heterocycles. The Labute approximate surface area is 294 Å². The van der Waals surface area contributed by atoms with Crippen molar-refractivity contribution in [1.29, 1.82) is 0 Å². The molecule has 0 radical (unpaired) electrons. The van der Waals surface area contributed by atoms with Crippen LogP contribution in [0.5, 0.6) is 0 Å². The minimum absolute atomic E-state index is 0.917. The minimum atomic E-state index is 0.917. The van der Waals surface area contributed by atoms with Crippen LogP contribution < -0.4 is 43.1 Å². The number of hydrogen-bond donors (Lipinski definition) is 0. The Kier molecular flexibility index (Phi) is 7.67. The van der Waals surface area contributed by atoms with Gasteiger partial charge < -0.3 is 9.32 Å². The van der Waals surface area contributed by atoms with Crippen LogP contribution in [0, 0.1) is 0 Å². The van der Waals surface area contributed by atoms with E-state index in [2.05, 4.69) is 169 Å². The average molecular weight is 620 g/mol. The van der Waals surface area contributed by atoms with Crippen molar-refractivity contribution >= 4 is 143 Å². The highest BCUT2D eigenvalue weighted by atomic mass is 16.3. The average Bonchev–Trinajstić information content (AvgIpc) is 3.53. The predicted molar refractivity (Wildman–Crippen MR) is 234 cm³/mol. The van der Waals surface area contributed by atoms with Crippen LogP contribution in [0.1, 0.15) is 0 Å². The standard InChI is InChI=1S/C40H34B7NO/c41-32-30-31(34(43)36(45)35(32)44)39(38(47)37(46)33(30)42)48(24-17-13-22(14-18-24)21-7-2-1-3-8-21)25-19-15-23(16-20-25)26-10-6-11-28-27-9-4-5-12-29(27)49-40(26)28/h1-20H,41-47H2. The zero-order chi connectivity index (χ0) is 34.0. The quantitative estimate of drug-likeness (QED) is 0.238. The van der Waals surface area contributed by atoms with Gasteiger partial charge in [-0.25, -0.2) is 0 Å². The van der Waals surface area contributed by atoms with Crippen LogP contribution in [0.25, 0.3) is 55.0 Å². The van der Waals surface area contributed by atoms with Gasteiger partial charge >= 0.3 is 0 Å². The van der Waals surface area contributed by atoms with Crippen molar-refractivity contribution in [2.45, 2.75) is 0 Å². The Bertz CT molecular complexity index is 2560. The van der Waals surface area contributed by atoms with Crippen LogP contribution >= 0.6 is 0 Å². The van der Waals surface area contributed by atoms with Crippen LogP contribution in [-0.4, -0.2) is 54.9 Å². The molecule has 0 aliphatic rings. The Balaban J connectivity index is 1.35. The van der Waals surface area contributed by atoms with Crippen molar-refractivity contribution in [1.82, 2.24) is 0 Å². The zero-order valence-electron chi connectivity index (χ0n) is 29.4. The van der Waals surface area contributed by atoms with E-state index >= 15 is 0 Å². The summed E-state index contributed by atoms with van der Waals surface area (Å²) in [4.78, 5) is 2.48. The minimum Gasteiger partial charge on any atom is -0.455 e. The van der Waals surface area contributed by atoms with E-state index in [1.54, 1.807) is 0 Å². The van der Waals surface area contributed by atoms with Gasteiger partial charge in [0.2, 0.25) is 0 Å². The van der Waals surface area contributed by atoms with Crippen molar-refractivity contribution in [3.05, 3.63) is 121 Å². The summed E-state index contributed by atoms with van der Waals surface area (Å²) in [5.74, 6) is 0. The molecule has 0 fully saturated rings. The van der Waals surface area contributed by atoms with E-state index in [0.717, 1.165) is 44.4 Å². The first-order valence-electron chi connectivity index (χ1n) is 17.2. The molecule has 0 spiro atoms. The summed E-state index contributed by atoms with van der Waals surface area (Å²) in [6, 6.07) is 43.4. The molecule has 0 saturated carbocycles. The molecule has 8 aromatic rings. The van der Waals surface area contributed by atoms with Gasteiger partial charge in [-0.3, -0.25) is 0 Å². The van der Waals surface area contributed by atoms with Gasteiger partial charge in [0.1, 0.15) is 66.1 Å². The Morgan fingerprint density at radius 1 is 0.388 bits per heavy atom.